The van der Waals surface area contributed by atoms with Crippen LogP contribution >= 0.6 is 11.6 Å². The minimum Gasteiger partial charge on any atom is -0.497 e. The molecule has 0 bridgehead atoms. The third-order valence-electron chi connectivity index (χ3n) is 2.98. The molecule has 0 saturated carbocycles. The van der Waals surface area contributed by atoms with Crippen LogP contribution < -0.4 is 15.2 Å². The topological polar surface area (TPSA) is 44.5 Å². The van der Waals surface area contributed by atoms with Crippen molar-refractivity contribution in [1.82, 2.24) is 0 Å². The summed E-state index contributed by atoms with van der Waals surface area (Å²) in [5, 5.41) is 0.667. The Morgan fingerprint density at radius 2 is 1.84 bits per heavy atom. The minimum absolute atomic E-state index is 0.292. The largest absolute Gasteiger partial charge is 0.497 e. The predicted molar refractivity (Wildman–Crippen MR) is 77.0 cm³/mol. The predicted octanol–water partition coefficient (Wildman–Crippen LogP) is 3.41. The first-order valence-corrected chi connectivity index (χ1v) is 6.26. The van der Waals surface area contributed by atoms with Gasteiger partial charge in [-0.1, -0.05) is 23.7 Å². The Hall–Kier alpha value is -1.71. The molecule has 3 nitrogen and oxygen atoms in total. The lowest BCUT2D eigenvalue weighted by atomic mass is 9.98. The van der Waals surface area contributed by atoms with E-state index in [1.807, 2.05) is 42.5 Å². The summed E-state index contributed by atoms with van der Waals surface area (Å²) in [5.41, 5.74) is 8.11. The lowest BCUT2D eigenvalue weighted by molar-refractivity contribution is 0.390. The van der Waals surface area contributed by atoms with E-state index in [0.29, 0.717) is 10.8 Å². The number of nitrogens with two attached hydrogens (primary N) is 1. The highest BCUT2D eigenvalue weighted by Crippen LogP contribution is 2.32. The minimum atomic E-state index is -0.292. The fourth-order valence-electron chi connectivity index (χ4n) is 1.95. The van der Waals surface area contributed by atoms with Gasteiger partial charge in [0.1, 0.15) is 11.5 Å². The summed E-state index contributed by atoms with van der Waals surface area (Å²) in [5.74, 6) is 1.44. The smallest absolute Gasteiger partial charge is 0.127 e. The second-order valence-electron chi connectivity index (χ2n) is 4.14. The molecule has 0 spiro atoms. The molecule has 0 aliphatic rings. The second kappa shape index (κ2) is 5.95. The van der Waals surface area contributed by atoms with Crippen LogP contribution in [-0.4, -0.2) is 14.2 Å². The molecule has 0 aromatic heterocycles. The number of ether oxygens (including phenoxy) is 2. The van der Waals surface area contributed by atoms with E-state index in [2.05, 4.69) is 0 Å². The SMILES string of the molecule is COc1ccc(C(N)c2cccc(Cl)c2)c(OC)c1. The molecule has 0 amide bonds. The van der Waals surface area contributed by atoms with Crippen LogP contribution in [0.25, 0.3) is 0 Å². The van der Waals surface area contributed by atoms with Crippen LogP contribution in [0.3, 0.4) is 0 Å². The molecule has 19 heavy (non-hydrogen) atoms. The van der Waals surface area contributed by atoms with Crippen molar-refractivity contribution in [3.8, 4) is 11.5 Å². The molecule has 2 aromatic carbocycles. The normalized spacial score (nSPS) is 12.0. The fourth-order valence-corrected chi connectivity index (χ4v) is 2.15. The highest BCUT2D eigenvalue weighted by Gasteiger charge is 2.15. The van der Waals surface area contributed by atoms with Gasteiger partial charge in [0.05, 0.1) is 20.3 Å². The number of halogens is 1. The van der Waals surface area contributed by atoms with Crippen molar-refractivity contribution in [2.45, 2.75) is 6.04 Å². The fraction of sp³-hybridized carbons (Fsp3) is 0.200. The van der Waals surface area contributed by atoms with Crippen LogP contribution in [0.4, 0.5) is 0 Å². The summed E-state index contributed by atoms with van der Waals surface area (Å²) in [7, 11) is 3.23. The number of hydrogen-bond acceptors (Lipinski definition) is 3. The van der Waals surface area contributed by atoms with Gasteiger partial charge >= 0.3 is 0 Å². The zero-order chi connectivity index (χ0) is 13.8. The quantitative estimate of drug-likeness (QED) is 0.931. The van der Waals surface area contributed by atoms with E-state index in [1.165, 1.54) is 0 Å². The highest BCUT2D eigenvalue weighted by atomic mass is 35.5. The van der Waals surface area contributed by atoms with E-state index in [9.17, 15) is 0 Å². The standard InChI is InChI=1S/C15H16ClNO2/c1-18-12-6-7-13(14(9-12)19-2)15(17)10-4-3-5-11(16)8-10/h3-9,15H,17H2,1-2H3. The van der Waals surface area contributed by atoms with E-state index in [1.54, 1.807) is 14.2 Å². The van der Waals surface area contributed by atoms with Gasteiger partial charge in [-0.2, -0.15) is 0 Å². The van der Waals surface area contributed by atoms with Crippen molar-refractivity contribution in [1.29, 1.82) is 0 Å². The van der Waals surface area contributed by atoms with Gasteiger partial charge in [-0.25, -0.2) is 0 Å². The average molecular weight is 278 g/mol. The van der Waals surface area contributed by atoms with Gasteiger partial charge in [0.25, 0.3) is 0 Å². The Bertz CT molecular complexity index is 572. The first-order valence-electron chi connectivity index (χ1n) is 5.88. The van der Waals surface area contributed by atoms with Crippen molar-refractivity contribution in [3.05, 3.63) is 58.6 Å². The van der Waals surface area contributed by atoms with Crippen LogP contribution in [0.5, 0.6) is 11.5 Å². The Morgan fingerprint density at radius 3 is 2.47 bits per heavy atom. The molecule has 1 atom stereocenters. The zero-order valence-corrected chi connectivity index (χ0v) is 11.6. The van der Waals surface area contributed by atoms with Crippen molar-refractivity contribution in [2.24, 2.45) is 5.73 Å². The molecule has 0 radical (unpaired) electrons. The van der Waals surface area contributed by atoms with Crippen molar-refractivity contribution < 1.29 is 9.47 Å². The van der Waals surface area contributed by atoms with Crippen LogP contribution in [-0.2, 0) is 0 Å². The van der Waals surface area contributed by atoms with E-state index < -0.39 is 0 Å². The van der Waals surface area contributed by atoms with E-state index in [4.69, 9.17) is 26.8 Å². The molecule has 0 aliphatic heterocycles. The van der Waals surface area contributed by atoms with Gasteiger partial charge in [0.15, 0.2) is 0 Å². The van der Waals surface area contributed by atoms with Crippen molar-refractivity contribution in [3.63, 3.8) is 0 Å². The molecular weight excluding hydrogens is 262 g/mol. The molecule has 0 aliphatic carbocycles. The second-order valence-corrected chi connectivity index (χ2v) is 4.58. The lowest BCUT2D eigenvalue weighted by Crippen LogP contribution is -2.13. The molecule has 100 valence electrons. The summed E-state index contributed by atoms with van der Waals surface area (Å²) in [6, 6.07) is 12.8. The van der Waals surface area contributed by atoms with Crippen molar-refractivity contribution in [2.75, 3.05) is 14.2 Å². The first-order chi connectivity index (χ1) is 9.15. The molecule has 0 saturated heterocycles. The van der Waals surface area contributed by atoms with Gasteiger partial charge in [0, 0.05) is 16.7 Å². The van der Waals surface area contributed by atoms with Crippen LogP contribution in [0.2, 0.25) is 5.02 Å². The van der Waals surface area contributed by atoms with Gasteiger partial charge in [-0.15, -0.1) is 0 Å². The number of hydrogen-bond donors (Lipinski definition) is 1. The van der Waals surface area contributed by atoms with Gasteiger partial charge < -0.3 is 15.2 Å². The average Bonchev–Trinajstić information content (AvgIpc) is 2.45. The monoisotopic (exact) mass is 277 g/mol. The van der Waals surface area contributed by atoms with E-state index in [-0.39, 0.29) is 6.04 Å². The van der Waals surface area contributed by atoms with E-state index in [0.717, 1.165) is 16.9 Å². The molecule has 0 fully saturated rings. The maximum atomic E-state index is 6.27. The molecule has 1 unspecified atom stereocenters. The molecular formula is C15H16ClNO2. The number of methoxy groups -OCH3 is 2. The molecule has 2 rings (SSSR count). The molecule has 0 heterocycles. The summed E-state index contributed by atoms with van der Waals surface area (Å²) in [4.78, 5) is 0. The van der Waals surface area contributed by atoms with E-state index >= 15 is 0 Å². The third kappa shape index (κ3) is 3.00. The van der Waals surface area contributed by atoms with Gasteiger partial charge in [-0.3, -0.25) is 0 Å². The van der Waals surface area contributed by atoms with Crippen LogP contribution in [0, 0.1) is 0 Å². The maximum Gasteiger partial charge on any atom is 0.127 e. The summed E-state index contributed by atoms with van der Waals surface area (Å²) >= 11 is 5.99. The first kappa shape index (κ1) is 13.7. The maximum absolute atomic E-state index is 6.27. The highest BCUT2D eigenvalue weighted by molar-refractivity contribution is 6.30. The Labute approximate surface area is 117 Å². The van der Waals surface area contributed by atoms with Gasteiger partial charge in [0.2, 0.25) is 0 Å². The molecule has 4 heteroatoms. The van der Waals surface area contributed by atoms with Crippen LogP contribution in [0.1, 0.15) is 17.2 Å². The third-order valence-corrected chi connectivity index (χ3v) is 3.22. The zero-order valence-electron chi connectivity index (χ0n) is 10.9. The van der Waals surface area contributed by atoms with Crippen molar-refractivity contribution >= 4 is 11.6 Å². The summed E-state index contributed by atoms with van der Waals surface area (Å²) in [6.07, 6.45) is 0. The Balaban J connectivity index is 2.40. The molecule has 2 N–H and O–H groups in total. The summed E-state index contributed by atoms with van der Waals surface area (Å²) in [6.45, 7) is 0. The number of benzene rings is 2. The number of rotatable bonds is 4. The Kier molecular flexibility index (Phi) is 4.30. The lowest BCUT2D eigenvalue weighted by Gasteiger charge is -2.17. The van der Waals surface area contributed by atoms with Gasteiger partial charge in [-0.05, 0) is 29.8 Å². The molecule has 2 aromatic rings. The Morgan fingerprint density at radius 1 is 1.05 bits per heavy atom. The summed E-state index contributed by atoms with van der Waals surface area (Å²) < 4.78 is 10.5. The van der Waals surface area contributed by atoms with Crippen LogP contribution in [0.15, 0.2) is 42.5 Å².